The highest BCUT2D eigenvalue weighted by atomic mass is 16.6. The Labute approximate surface area is 154 Å². The third-order valence-electron chi connectivity index (χ3n) is 5.56. The fourth-order valence-corrected chi connectivity index (χ4v) is 4.15. The number of hydrogen-bond donors (Lipinski definition) is 1. The molecule has 0 amide bonds. The zero-order chi connectivity index (χ0) is 18.6. The molecule has 2 saturated heterocycles. The number of carbonyl (C=O) groups is 2. The molecule has 6 nitrogen and oxygen atoms in total. The van der Waals surface area contributed by atoms with E-state index in [-0.39, 0.29) is 13.0 Å². The lowest BCUT2D eigenvalue weighted by atomic mass is 9.91. The van der Waals surface area contributed by atoms with Gasteiger partial charge in [0.25, 0.3) is 0 Å². The molecule has 0 unspecified atom stereocenters. The number of nitrogens with zero attached hydrogens (tertiary/aromatic N) is 1. The first-order valence-corrected chi connectivity index (χ1v) is 9.26. The predicted octanol–water partition coefficient (Wildman–Crippen LogP) is 1.55. The minimum Gasteiger partial charge on any atom is -0.469 e. The molecule has 6 heteroatoms. The van der Waals surface area contributed by atoms with Gasteiger partial charge in [-0.15, -0.1) is 0 Å². The van der Waals surface area contributed by atoms with Gasteiger partial charge in [0.15, 0.2) is 5.60 Å². The molecule has 0 saturated carbocycles. The van der Waals surface area contributed by atoms with E-state index >= 15 is 0 Å². The van der Waals surface area contributed by atoms with Gasteiger partial charge < -0.3 is 14.6 Å². The third kappa shape index (κ3) is 4.24. The van der Waals surface area contributed by atoms with E-state index in [1.165, 1.54) is 13.5 Å². The SMILES string of the molecule is COC(=O)C[C@](O)(Cc1ccccc1)C(=O)OC[C@@H]1CCN2CCC[C@@H]12. The summed E-state index contributed by atoms with van der Waals surface area (Å²) in [7, 11) is 1.24. The Morgan fingerprint density at radius 2 is 2.00 bits per heavy atom. The van der Waals surface area contributed by atoms with E-state index in [0.717, 1.165) is 31.5 Å². The summed E-state index contributed by atoms with van der Waals surface area (Å²) in [6, 6.07) is 9.60. The minimum atomic E-state index is -1.91. The molecule has 1 aromatic carbocycles. The number of carbonyl (C=O) groups excluding carboxylic acids is 2. The van der Waals surface area contributed by atoms with Gasteiger partial charge in [-0.25, -0.2) is 4.79 Å². The highest BCUT2D eigenvalue weighted by Gasteiger charge is 2.43. The van der Waals surface area contributed by atoms with Crippen LogP contribution in [0.25, 0.3) is 0 Å². The van der Waals surface area contributed by atoms with Crippen LogP contribution >= 0.6 is 0 Å². The zero-order valence-electron chi connectivity index (χ0n) is 15.2. The second kappa shape index (κ2) is 8.18. The van der Waals surface area contributed by atoms with E-state index in [9.17, 15) is 14.7 Å². The molecule has 2 aliphatic heterocycles. The van der Waals surface area contributed by atoms with Gasteiger partial charge in [0.05, 0.1) is 20.1 Å². The van der Waals surface area contributed by atoms with Gasteiger partial charge >= 0.3 is 11.9 Å². The van der Waals surface area contributed by atoms with Gasteiger partial charge in [0.1, 0.15) is 0 Å². The van der Waals surface area contributed by atoms with Crippen LogP contribution in [0.15, 0.2) is 30.3 Å². The van der Waals surface area contributed by atoms with E-state index in [2.05, 4.69) is 9.64 Å². The average Bonchev–Trinajstić information content (AvgIpc) is 3.24. The quantitative estimate of drug-likeness (QED) is 0.743. The molecule has 3 atom stereocenters. The molecular weight excluding hydrogens is 334 g/mol. The molecule has 0 aliphatic carbocycles. The summed E-state index contributed by atoms with van der Waals surface area (Å²) in [6.07, 6.45) is 2.93. The van der Waals surface area contributed by atoms with Crippen LogP contribution in [0.3, 0.4) is 0 Å². The maximum absolute atomic E-state index is 12.7. The molecule has 26 heavy (non-hydrogen) atoms. The molecule has 3 rings (SSSR count). The normalized spacial score (nSPS) is 24.7. The Morgan fingerprint density at radius 3 is 2.73 bits per heavy atom. The van der Waals surface area contributed by atoms with Gasteiger partial charge in [-0.2, -0.15) is 0 Å². The van der Waals surface area contributed by atoms with Crippen LogP contribution < -0.4 is 0 Å². The van der Waals surface area contributed by atoms with E-state index < -0.39 is 24.0 Å². The lowest BCUT2D eigenvalue weighted by Crippen LogP contribution is -2.45. The summed E-state index contributed by atoms with van der Waals surface area (Å²) in [5.41, 5.74) is -1.15. The van der Waals surface area contributed by atoms with Gasteiger partial charge in [-0.1, -0.05) is 30.3 Å². The van der Waals surface area contributed by atoms with Crippen LogP contribution in [0.1, 0.15) is 31.2 Å². The van der Waals surface area contributed by atoms with Crippen molar-refractivity contribution in [2.75, 3.05) is 26.8 Å². The lowest BCUT2D eigenvalue weighted by molar-refractivity contribution is -0.173. The molecule has 0 aromatic heterocycles. The van der Waals surface area contributed by atoms with E-state index in [1.54, 1.807) is 0 Å². The van der Waals surface area contributed by atoms with Crippen LogP contribution in [0.4, 0.5) is 0 Å². The van der Waals surface area contributed by atoms with Crippen molar-refractivity contribution < 1.29 is 24.2 Å². The van der Waals surface area contributed by atoms with Gasteiger partial charge in [0.2, 0.25) is 0 Å². The predicted molar refractivity (Wildman–Crippen MR) is 95.4 cm³/mol. The second-order valence-corrected chi connectivity index (χ2v) is 7.34. The molecule has 142 valence electrons. The molecule has 2 aliphatic rings. The summed E-state index contributed by atoms with van der Waals surface area (Å²) >= 11 is 0. The van der Waals surface area contributed by atoms with Crippen molar-refractivity contribution in [2.24, 2.45) is 5.92 Å². The number of fused-ring (bicyclic) bond motifs is 1. The van der Waals surface area contributed by atoms with Gasteiger partial charge in [-0.3, -0.25) is 9.69 Å². The Bertz CT molecular complexity index is 634. The van der Waals surface area contributed by atoms with E-state index in [1.807, 2.05) is 30.3 Å². The third-order valence-corrected chi connectivity index (χ3v) is 5.56. The number of hydrogen-bond acceptors (Lipinski definition) is 6. The van der Waals surface area contributed by atoms with Crippen molar-refractivity contribution in [1.82, 2.24) is 4.90 Å². The van der Waals surface area contributed by atoms with Crippen molar-refractivity contribution in [2.45, 2.75) is 43.7 Å². The Balaban J connectivity index is 1.65. The van der Waals surface area contributed by atoms with Crippen LogP contribution in [-0.2, 0) is 25.5 Å². The summed E-state index contributed by atoms with van der Waals surface area (Å²) in [6.45, 7) is 2.46. The number of esters is 2. The topological polar surface area (TPSA) is 76.1 Å². The van der Waals surface area contributed by atoms with Crippen molar-refractivity contribution in [3.63, 3.8) is 0 Å². The summed E-state index contributed by atoms with van der Waals surface area (Å²) < 4.78 is 10.1. The van der Waals surface area contributed by atoms with Crippen LogP contribution in [0.2, 0.25) is 0 Å². The monoisotopic (exact) mass is 361 g/mol. The first kappa shape index (κ1) is 18.9. The van der Waals surface area contributed by atoms with Crippen molar-refractivity contribution in [1.29, 1.82) is 0 Å². The van der Waals surface area contributed by atoms with Gasteiger partial charge in [0, 0.05) is 18.4 Å². The van der Waals surface area contributed by atoms with Crippen LogP contribution in [0, 0.1) is 5.92 Å². The number of aliphatic hydroxyl groups is 1. The number of methoxy groups -OCH3 is 1. The molecule has 0 bridgehead atoms. The molecular formula is C20H27NO5. The zero-order valence-corrected chi connectivity index (χ0v) is 15.2. The summed E-state index contributed by atoms with van der Waals surface area (Å²) in [5, 5.41) is 10.9. The molecule has 1 aromatic rings. The van der Waals surface area contributed by atoms with Crippen LogP contribution in [-0.4, -0.2) is 60.4 Å². The smallest absolute Gasteiger partial charge is 0.339 e. The second-order valence-electron chi connectivity index (χ2n) is 7.34. The number of ether oxygens (including phenoxy) is 2. The van der Waals surface area contributed by atoms with E-state index in [0.29, 0.717) is 12.0 Å². The molecule has 1 N–H and O–H groups in total. The first-order chi connectivity index (χ1) is 12.5. The van der Waals surface area contributed by atoms with Crippen molar-refractivity contribution in [3.05, 3.63) is 35.9 Å². The van der Waals surface area contributed by atoms with Crippen molar-refractivity contribution in [3.8, 4) is 0 Å². The number of rotatable bonds is 7. The summed E-state index contributed by atoms with van der Waals surface area (Å²) in [5.74, 6) is -1.08. The molecule has 0 radical (unpaired) electrons. The highest BCUT2D eigenvalue weighted by molar-refractivity contribution is 5.86. The Kier molecular flexibility index (Phi) is 5.94. The number of benzene rings is 1. The fourth-order valence-electron chi connectivity index (χ4n) is 4.15. The maximum atomic E-state index is 12.7. The molecule has 0 spiro atoms. The Morgan fingerprint density at radius 1 is 1.23 bits per heavy atom. The largest absolute Gasteiger partial charge is 0.469 e. The first-order valence-electron chi connectivity index (χ1n) is 9.26. The van der Waals surface area contributed by atoms with Crippen molar-refractivity contribution >= 4 is 11.9 Å². The minimum absolute atomic E-state index is 0.0159. The fraction of sp³-hybridized carbons (Fsp3) is 0.600. The van der Waals surface area contributed by atoms with Crippen LogP contribution in [0.5, 0.6) is 0 Å². The molecule has 2 heterocycles. The lowest BCUT2D eigenvalue weighted by Gasteiger charge is -2.27. The van der Waals surface area contributed by atoms with Gasteiger partial charge in [-0.05, 0) is 37.9 Å². The Hall–Kier alpha value is -1.92. The average molecular weight is 361 g/mol. The summed E-state index contributed by atoms with van der Waals surface area (Å²) in [4.78, 5) is 26.9. The highest BCUT2D eigenvalue weighted by Crippen LogP contribution is 2.33. The molecule has 2 fully saturated rings. The maximum Gasteiger partial charge on any atom is 0.339 e. The standard InChI is InChI=1S/C20H27NO5/c1-25-18(22)13-20(24,12-15-6-3-2-4-7-15)19(23)26-14-16-9-11-21-10-5-8-17(16)21/h2-4,6-7,16-17,24H,5,8-14H2,1H3/t16-,17-,20+/m0/s1. The van der Waals surface area contributed by atoms with E-state index in [4.69, 9.17) is 4.74 Å².